The Morgan fingerprint density at radius 3 is 2.69 bits per heavy atom. The van der Waals surface area contributed by atoms with Gasteiger partial charge in [0.15, 0.2) is 5.13 Å². The molecule has 26 heavy (non-hydrogen) atoms. The van der Waals surface area contributed by atoms with Gasteiger partial charge in [0, 0.05) is 17.1 Å². The molecule has 0 saturated heterocycles. The predicted octanol–water partition coefficient (Wildman–Crippen LogP) is 4.02. The normalized spacial score (nSPS) is 19.6. The van der Waals surface area contributed by atoms with Gasteiger partial charge in [-0.05, 0) is 30.9 Å². The van der Waals surface area contributed by atoms with Gasteiger partial charge in [0.1, 0.15) is 0 Å². The summed E-state index contributed by atoms with van der Waals surface area (Å²) in [5, 5.41) is 10.8. The van der Waals surface area contributed by atoms with Gasteiger partial charge in [-0.3, -0.25) is 10.1 Å². The lowest BCUT2D eigenvalue weighted by atomic mass is 9.86. The summed E-state index contributed by atoms with van der Waals surface area (Å²) in [4.78, 5) is 28.6. The van der Waals surface area contributed by atoms with E-state index < -0.39 is 0 Å². The molecule has 6 nitrogen and oxygen atoms in total. The monoisotopic (exact) mass is 372 g/mol. The standard InChI is InChI=1S/C19H24N4O2S/c1-13-7-5-6-10-16(13)22-17(24)11-15-12-26-19(21-15)23-18(25)20-14-8-3-2-4-9-14/h2-4,8-9,12-13,16H,5-7,10-11H2,1H3,(H,22,24)(H2,20,21,23,25). The molecule has 3 amide bonds. The molecule has 1 aliphatic rings. The van der Waals surface area contributed by atoms with Crippen LogP contribution in [0.1, 0.15) is 38.3 Å². The van der Waals surface area contributed by atoms with Gasteiger partial charge in [-0.1, -0.05) is 38.0 Å². The highest BCUT2D eigenvalue weighted by molar-refractivity contribution is 7.14. The second-order valence-electron chi connectivity index (χ2n) is 6.70. The molecule has 0 aliphatic heterocycles. The Morgan fingerprint density at radius 2 is 1.92 bits per heavy atom. The van der Waals surface area contributed by atoms with Crippen molar-refractivity contribution in [2.45, 2.75) is 45.1 Å². The van der Waals surface area contributed by atoms with Gasteiger partial charge in [-0.2, -0.15) is 0 Å². The number of urea groups is 1. The first-order valence-corrected chi connectivity index (χ1v) is 9.85. The average Bonchev–Trinajstić information content (AvgIpc) is 3.04. The highest BCUT2D eigenvalue weighted by Crippen LogP contribution is 2.24. The molecule has 1 aliphatic carbocycles. The third-order valence-electron chi connectivity index (χ3n) is 4.60. The maximum atomic E-state index is 12.3. The fourth-order valence-corrected chi connectivity index (χ4v) is 3.88. The van der Waals surface area contributed by atoms with Crippen LogP contribution in [-0.4, -0.2) is 23.0 Å². The second kappa shape index (κ2) is 8.80. The molecular formula is C19H24N4O2S. The Balaban J connectivity index is 1.48. The molecule has 0 spiro atoms. The van der Waals surface area contributed by atoms with Gasteiger partial charge in [-0.15, -0.1) is 11.3 Å². The van der Waals surface area contributed by atoms with E-state index in [-0.39, 0.29) is 24.4 Å². The van der Waals surface area contributed by atoms with Crippen molar-refractivity contribution in [2.75, 3.05) is 10.6 Å². The minimum atomic E-state index is -0.349. The lowest BCUT2D eigenvalue weighted by molar-refractivity contribution is -0.121. The minimum Gasteiger partial charge on any atom is -0.353 e. The fraction of sp³-hybridized carbons (Fsp3) is 0.421. The van der Waals surface area contributed by atoms with Gasteiger partial charge in [0.05, 0.1) is 12.1 Å². The molecule has 0 bridgehead atoms. The van der Waals surface area contributed by atoms with E-state index in [1.165, 1.54) is 30.6 Å². The van der Waals surface area contributed by atoms with E-state index in [0.717, 1.165) is 6.42 Å². The van der Waals surface area contributed by atoms with Gasteiger partial charge in [0.2, 0.25) is 5.91 Å². The summed E-state index contributed by atoms with van der Waals surface area (Å²) < 4.78 is 0. The Morgan fingerprint density at radius 1 is 1.15 bits per heavy atom. The first kappa shape index (κ1) is 18.4. The number of hydrogen-bond donors (Lipinski definition) is 3. The lowest BCUT2D eigenvalue weighted by Gasteiger charge is -2.29. The zero-order chi connectivity index (χ0) is 18.4. The van der Waals surface area contributed by atoms with Crippen LogP contribution < -0.4 is 16.0 Å². The number of para-hydroxylation sites is 1. The third-order valence-corrected chi connectivity index (χ3v) is 5.41. The van der Waals surface area contributed by atoms with Crippen LogP contribution in [0, 0.1) is 5.92 Å². The number of carbonyl (C=O) groups is 2. The summed E-state index contributed by atoms with van der Waals surface area (Å²) in [5.74, 6) is 0.524. The molecule has 138 valence electrons. The largest absolute Gasteiger partial charge is 0.353 e. The number of anilines is 2. The first-order valence-electron chi connectivity index (χ1n) is 8.97. The minimum absolute atomic E-state index is 0.00524. The van der Waals surface area contributed by atoms with Crippen LogP contribution in [0.25, 0.3) is 0 Å². The molecule has 1 heterocycles. The number of amides is 3. The van der Waals surface area contributed by atoms with Crippen LogP contribution in [-0.2, 0) is 11.2 Å². The van der Waals surface area contributed by atoms with Crippen LogP contribution in [0.4, 0.5) is 15.6 Å². The SMILES string of the molecule is CC1CCCCC1NC(=O)Cc1csc(NC(=O)Nc2ccccc2)n1. The van der Waals surface area contributed by atoms with E-state index in [1.807, 2.05) is 35.7 Å². The summed E-state index contributed by atoms with van der Waals surface area (Å²) in [6.45, 7) is 2.19. The maximum absolute atomic E-state index is 12.3. The summed E-state index contributed by atoms with van der Waals surface area (Å²) in [7, 11) is 0. The van der Waals surface area contributed by atoms with Gasteiger partial charge < -0.3 is 10.6 Å². The van der Waals surface area contributed by atoms with E-state index in [4.69, 9.17) is 0 Å². The van der Waals surface area contributed by atoms with E-state index in [2.05, 4.69) is 27.9 Å². The molecular weight excluding hydrogens is 348 g/mol. The van der Waals surface area contributed by atoms with E-state index in [0.29, 0.717) is 22.4 Å². The zero-order valence-corrected chi connectivity index (χ0v) is 15.6. The molecule has 0 radical (unpaired) electrons. The average molecular weight is 372 g/mol. The first-order chi connectivity index (χ1) is 12.6. The molecule has 1 aromatic carbocycles. The number of carbonyl (C=O) groups excluding carboxylic acids is 2. The molecule has 2 aromatic rings. The van der Waals surface area contributed by atoms with Crippen LogP contribution >= 0.6 is 11.3 Å². The van der Waals surface area contributed by atoms with Crippen molar-refractivity contribution in [3.63, 3.8) is 0 Å². The molecule has 3 N–H and O–H groups in total. The Bertz CT molecular complexity index is 747. The van der Waals surface area contributed by atoms with E-state index >= 15 is 0 Å². The van der Waals surface area contributed by atoms with Crippen molar-refractivity contribution >= 4 is 34.1 Å². The Kier molecular flexibility index (Phi) is 6.22. The number of rotatable bonds is 5. The fourth-order valence-electron chi connectivity index (χ4n) is 3.18. The molecule has 2 atom stereocenters. The van der Waals surface area contributed by atoms with Crippen molar-refractivity contribution < 1.29 is 9.59 Å². The highest BCUT2D eigenvalue weighted by Gasteiger charge is 2.23. The zero-order valence-electron chi connectivity index (χ0n) is 14.8. The highest BCUT2D eigenvalue weighted by atomic mass is 32.1. The maximum Gasteiger partial charge on any atom is 0.325 e. The van der Waals surface area contributed by atoms with E-state index in [1.54, 1.807) is 0 Å². The van der Waals surface area contributed by atoms with Crippen molar-refractivity contribution in [3.8, 4) is 0 Å². The van der Waals surface area contributed by atoms with Crippen LogP contribution in [0.3, 0.4) is 0 Å². The second-order valence-corrected chi connectivity index (χ2v) is 7.56. The number of benzene rings is 1. The van der Waals surface area contributed by atoms with Crippen molar-refractivity contribution in [1.82, 2.24) is 10.3 Å². The summed E-state index contributed by atoms with van der Waals surface area (Å²) in [6.07, 6.45) is 4.89. The number of nitrogens with one attached hydrogen (secondary N) is 3. The van der Waals surface area contributed by atoms with Gasteiger partial charge in [-0.25, -0.2) is 9.78 Å². The lowest BCUT2D eigenvalue weighted by Crippen LogP contribution is -2.41. The molecule has 3 rings (SSSR count). The number of thiazole rings is 1. The third kappa shape index (κ3) is 5.29. The predicted molar refractivity (Wildman–Crippen MR) is 104 cm³/mol. The van der Waals surface area contributed by atoms with Crippen LogP contribution in [0.2, 0.25) is 0 Å². The van der Waals surface area contributed by atoms with Gasteiger partial charge >= 0.3 is 6.03 Å². The summed E-state index contributed by atoms with van der Waals surface area (Å²) >= 11 is 1.31. The Labute approximate surface area is 157 Å². The van der Waals surface area contributed by atoms with Crippen LogP contribution in [0.5, 0.6) is 0 Å². The van der Waals surface area contributed by atoms with E-state index in [9.17, 15) is 9.59 Å². The molecule has 1 aromatic heterocycles. The van der Waals surface area contributed by atoms with Gasteiger partial charge in [0.25, 0.3) is 0 Å². The summed E-state index contributed by atoms with van der Waals surface area (Å²) in [6, 6.07) is 9.12. The van der Waals surface area contributed by atoms with Crippen molar-refractivity contribution in [1.29, 1.82) is 0 Å². The smallest absolute Gasteiger partial charge is 0.325 e. The quantitative estimate of drug-likeness (QED) is 0.741. The molecule has 1 saturated carbocycles. The number of aromatic nitrogens is 1. The molecule has 7 heteroatoms. The Hall–Kier alpha value is -2.41. The topological polar surface area (TPSA) is 83.1 Å². The number of nitrogens with zero attached hydrogens (tertiary/aromatic N) is 1. The number of hydrogen-bond acceptors (Lipinski definition) is 4. The van der Waals surface area contributed by atoms with Crippen molar-refractivity contribution in [2.24, 2.45) is 5.92 Å². The van der Waals surface area contributed by atoms with Crippen molar-refractivity contribution in [3.05, 3.63) is 41.4 Å². The molecule has 2 unspecified atom stereocenters. The van der Waals surface area contributed by atoms with Crippen LogP contribution in [0.15, 0.2) is 35.7 Å². The molecule has 1 fully saturated rings. The summed E-state index contributed by atoms with van der Waals surface area (Å²) in [5.41, 5.74) is 1.38.